The highest BCUT2D eigenvalue weighted by atomic mass is 32.2. The predicted octanol–water partition coefficient (Wildman–Crippen LogP) is 7.00. The van der Waals surface area contributed by atoms with Gasteiger partial charge >= 0.3 is 6.03 Å². The second kappa shape index (κ2) is 13.9. The summed E-state index contributed by atoms with van der Waals surface area (Å²) in [6, 6.07) is 6.67. The Balaban J connectivity index is 1.43. The average molecular weight is 490 g/mol. The smallest absolute Gasteiger partial charge is 0.321 e. The molecule has 2 aromatic heterocycles. The Hall–Kier alpha value is -2.68. The molecule has 0 bridgehead atoms. The molecule has 0 unspecified atom stereocenters. The van der Waals surface area contributed by atoms with Crippen molar-refractivity contribution >= 4 is 34.6 Å². The Kier molecular flexibility index (Phi) is 10.6. The summed E-state index contributed by atoms with van der Waals surface area (Å²) in [5.41, 5.74) is 1.66. The summed E-state index contributed by atoms with van der Waals surface area (Å²) in [5, 5.41) is 3.46. The summed E-state index contributed by atoms with van der Waals surface area (Å²) in [5.74, 6) is -0.516. The van der Waals surface area contributed by atoms with Crippen LogP contribution < -0.4 is 5.32 Å². The first-order valence-corrected chi connectivity index (χ1v) is 13.0. The normalized spacial score (nSPS) is 11.1. The zero-order valence-corrected chi connectivity index (χ0v) is 20.5. The number of amides is 2. The minimum atomic E-state index is -0.769. The summed E-state index contributed by atoms with van der Waals surface area (Å²) in [6.45, 7) is 3.39. The van der Waals surface area contributed by atoms with Gasteiger partial charge in [0.25, 0.3) is 0 Å². The van der Waals surface area contributed by atoms with Gasteiger partial charge in [-0.05, 0) is 43.5 Å². The van der Waals surface area contributed by atoms with Gasteiger partial charge in [0.15, 0.2) is 10.8 Å². The van der Waals surface area contributed by atoms with E-state index in [1.807, 2.05) is 12.1 Å². The number of fused-ring (bicyclic) bond motifs is 1. The molecular weight excluding hydrogens is 456 g/mol. The lowest BCUT2D eigenvalue weighted by Gasteiger charge is -2.23. The third-order valence-corrected chi connectivity index (χ3v) is 6.50. The van der Waals surface area contributed by atoms with Crippen LogP contribution in [0.15, 0.2) is 41.7 Å². The lowest BCUT2D eigenvalue weighted by molar-refractivity contribution is 0.209. The Morgan fingerprint density at radius 2 is 1.82 bits per heavy atom. The molecule has 0 fully saturated rings. The van der Waals surface area contributed by atoms with Crippen molar-refractivity contribution in [1.29, 1.82) is 0 Å². The first-order chi connectivity index (χ1) is 16.6. The first kappa shape index (κ1) is 25.9. The number of rotatable bonds is 14. The monoisotopic (exact) mass is 489 g/mol. The fraction of sp³-hybridized carbons (Fsp3) is 0.480. The van der Waals surface area contributed by atoms with E-state index >= 15 is 0 Å². The number of imidazole rings is 1. The topological polar surface area (TPSA) is 73.9 Å². The highest BCUT2D eigenvalue weighted by Gasteiger charge is 2.15. The number of nitrogens with one attached hydrogen (secondary N) is 2. The van der Waals surface area contributed by atoms with Crippen LogP contribution in [0.5, 0.6) is 0 Å². The number of urea groups is 1. The molecule has 1 aromatic carbocycles. The van der Waals surface area contributed by atoms with E-state index in [1.165, 1.54) is 12.5 Å². The minimum absolute atomic E-state index is 0.000826. The molecule has 34 heavy (non-hydrogen) atoms. The molecule has 6 nitrogen and oxygen atoms in total. The first-order valence-electron chi connectivity index (χ1n) is 12.0. The molecule has 0 aliphatic heterocycles. The average Bonchev–Trinajstić information content (AvgIpc) is 3.24. The van der Waals surface area contributed by atoms with Crippen LogP contribution in [0.4, 0.5) is 19.3 Å². The molecule has 0 atom stereocenters. The molecule has 3 rings (SSSR count). The summed E-state index contributed by atoms with van der Waals surface area (Å²) in [7, 11) is 0. The number of aromatic nitrogens is 3. The maximum Gasteiger partial charge on any atom is 0.321 e. The highest BCUT2D eigenvalue weighted by Crippen LogP contribution is 2.20. The maximum atomic E-state index is 14.0. The largest absolute Gasteiger partial charge is 0.332 e. The number of carbonyl (C=O) groups is 1. The molecular formula is C25H33F2N5OS. The van der Waals surface area contributed by atoms with Gasteiger partial charge in [0.05, 0.1) is 11.2 Å². The highest BCUT2D eigenvalue weighted by molar-refractivity contribution is 7.99. The molecule has 184 valence electrons. The van der Waals surface area contributed by atoms with Crippen molar-refractivity contribution in [3.63, 3.8) is 0 Å². The van der Waals surface area contributed by atoms with Gasteiger partial charge in [0.1, 0.15) is 11.6 Å². The number of pyridine rings is 1. The lowest BCUT2D eigenvalue weighted by Crippen LogP contribution is -2.36. The van der Waals surface area contributed by atoms with Crippen LogP contribution in [0.3, 0.4) is 0 Å². The van der Waals surface area contributed by atoms with Crippen molar-refractivity contribution in [3.8, 4) is 0 Å². The van der Waals surface area contributed by atoms with E-state index in [4.69, 9.17) is 0 Å². The van der Waals surface area contributed by atoms with Crippen molar-refractivity contribution in [3.05, 3.63) is 48.2 Å². The van der Waals surface area contributed by atoms with E-state index in [-0.39, 0.29) is 11.7 Å². The van der Waals surface area contributed by atoms with Crippen LogP contribution in [0.25, 0.3) is 11.2 Å². The third-order valence-electron chi connectivity index (χ3n) is 5.54. The molecule has 9 heteroatoms. The van der Waals surface area contributed by atoms with Crippen molar-refractivity contribution in [2.75, 3.05) is 24.2 Å². The van der Waals surface area contributed by atoms with E-state index in [0.717, 1.165) is 79.2 Å². The molecule has 2 N–H and O–H groups in total. The van der Waals surface area contributed by atoms with Gasteiger partial charge in [0.2, 0.25) is 0 Å². The fourth-order valence-electron chi connectivity index (χ4n) is 3.65. The zero-order chi connectivity index (χ0) is 24.2. The van der Waals surface area contributed by atoms with Crippen molar-refractivity contribution in [2.24, 2.45) is 0 Å². The number of H-pyrrole nitrogens is 1. The molecule has 0 aliphatic carbocycles. The molecule has 3 aromatic rings. The van der Waals surface area contributed by atoms with Gasteiger partial charge in [-0.2, -0.15) is 0 Å². The quantitative estimate of drug-likeness (QED) is 0.189. The van der Waals surface area contributed by atoms with Gasteiger partial charge in [-0.3, -0.25) is 0 Å². The molecule has 0 radical (unpaired) electrons. The number of aromatic amines is 1. The Morgan fingerprint density at radius 1 is 1.06 bits per heavy atom. The van der Waals surface area contributed by atoms with Crippen LogP contribution in [0.2, 0.25) is 0 Å². The molecule has 0 spiro atoms. The van der Waals surface area contributed by atoms with Crippen molar-refractivity contribution in [2.45, 2.75) is 63.4 Å². The van der Waals surface area contributed by atoms with E-state index in [9.17, 15) is 13.6 Å². The second-order valence-corrected chi connectivity index (χ2v) is 9.36. The molecule has 0 saturated heterocycles. The summed E-state index contributed by atoms with van der Waals surface area (Å²) in [4.78, 5) is 26.5. The Bertz CT molecular complexity index is 1010. The molecule has 2 amide bonds. The van der Waals surface area contributed by atoms with Crippen molar-refractivity contribution < 1.29 is 13.6 Å². The number of anilines is 1. The number of benzene rings is 1. The predicted molar refractivity (Wildman–Crippen MR) is 134 cm³/mol. The molecule has 2 heterocycles. The summed E-state index contributed by atoms with van der Waals surface area (Å²) < 4.78 is 27.1. The van der Waals surface area contributed by atoms with Crippen LogP contribution in [-0.4, -0.2) is 44.7 Å². The van der Waals surface area contributed by atoms with E-state index in [1.54, 1.807) is 22.9 Å². The SMILES string of the molecule is CCCCCCCN(CCCCCSc1nc2ncccc2[nH]1)C(=O)Nc1ccc(F)cc1F. The van der Waals surface area contributed by atoms with Crippen LogP contribution in [-0.2, 0) is 0 Å². The molecule has 0 saturated carbocycles. The third kappa shape index (κ3) is 8.27. The minimum Gasteiger partial charge on any atom is -0.332 e. The number of unbranched alkanes of at least 4 members (excludes halogenated alkanes) is 6. The number of hydrogen-bond donors (Lipinski definition) is 2. The zero-order valence-electron chi connectivity index (χ0n) is 19.7. The van der Waals surface area contributed by atoms with Crippen molar-refractivity contribution in [1.82, 2.24) is 19.9 Å². The van der Waals surface area contributed by atoms with E-state index < -0.39 is 11.6 Å². The fourth-order valence-corrected chi connectivity index (χ4v) is 4.52. The Morgan fingerprint density at radius 3 is 2.56 bits per heavy atom. The number of hydrogen-bond acceptors (Lipinski definition) is 4. The van der Waals surface area contributed by atoms with Crippen LogP contribution in [0, 0.1) is 11.6 Å². The second-order valence-electron chi connectivity index (χ2n) is 8.28. The number of carbonyl (C=O) groups excluding carboxylic acids is 1. The summed E-state index contributed by atoms with van der Waals surface area (Å²) in [6.07, 6.45) is 10.0. The lowest BCUT2D eigenvalue weighted by atomic mass is 10.1. The van der Waals surface area contributed by atoms with Crippen LogP contribution in [0.1, 0.15) is 58.3 Å². The molecule has 0 aliphatic rings. The van der Waals surface area contributed by atoms with E-state index in [0.29, 0.717) is 13.1 Å². The maximum absolute atomic E-state index is 14.0. The summed E-state index contributed by atoms with van der Waals surface area (Å²) >= 11 is 1.67. The van der Waals surface area contributed by atoms with Gasteiger partial charge in [0, 0.05) is 31.1 Å². The van der Waals surface area contributed by atoms with Gasteiger partial charge < -0.3 is 15.2 Å². The van der Waals surface area contributed by atoms with Gasteiger partial charge in [-0.1, -0.05) is 50.8 Å². The standard InChI is InChI=1S/C25H33F2N5OS/c1-2-3-4-5-7-15-32(25(33)30-21-13-12-19(26)18-20(21)27)16-8-6-9-17-34-24-29-22-11-10-14-28-23(22)31-24/h10-14,18H,2-9,15-17H2,1H3,(H,30,33)(H,28,29,31). The van der Waals surface area contributed by atoms with Gasteiger partial charge in [-0.25, -0.2) is 23.5 Å². The van der Waals surface area contributed by atoms with E-state index in [2.05, 4.69) is 27.2 Å². The number of halogens is 2. The van der Waals surface area contributed by atoms with Gasteiger partial charge in [-0.15, -0.1) is 0 Å². The Labute approximate surface area is 203 Å². The van der Waals surface area contributed by atoms with Crippen LogP contribution >= 0.6 is 11.8 Å². The number of nitrogens with zero attached hydrogens (tertiary/aromatic N) is 3. The number of thioether (sulfide) groups is 1.